The molecule has 0 bridgehead atoms. The Balaban J connectivity index is 1.30. The number of hydrogen-bond donors (Lipinski definition) is 1. The first-order valence-electron chi connectivity index (χ1n) is 10.3. The van der Waals surface area contributed by atoms with E-state index in [4.69, 9.17) is 0 Å². The summed E-state index contributed by atoms with van der Waals surface area (Å²) in [6.07, 6.45) is -0.322. The van der Waals surface area contributed by atoms with Crippen LogP contribution < -0.4 is 10.3 Å². The molecule has 30 heavy (non-hydrogen) atoms. The number of aromatic nitrogens is 2. The molecule has 3 aliphatic rings. The highest BCUT2D eigenvalue weighted by Crippen LogP contribution is 2.38. The number of alkyl halides is 3. The Labute approximate surface area is 177 Å². The zero-order valence-electron chi connectivity index (χ0n) is 16.8. The number of piperidine rings is 1. The van der Waals surface area contributed by atoms with E-state index in [-0.39, 0.29) is 0 Å². The maximum absolute atomic E-state index is 12.8. The van der Waals surface area contributed by atoms with E-state index >= 15 is 0 Å². The molecule has 0 aliphatic carbocycles. The van der Waals surface area contributed by atoms with E-state index < -0.39 is 12.6 Å². The van der Waals surface area contributed by atoms with Gasteiger partial charge in [0.1, 0.15) is 17.0 Å². The third-order valence-electron chi connectivity index (χ3n) is 6.28. The highest BCUT2D eigenvalue weighted by Gasteiger charge is 2.38. The van der Waals surface area contributed by atoms with E-state index in [1.807, 2.05) is 12.1 Å². The summed E-state index contributed by atoms with van der Waals surface area (Å²) < 4.78 is 38.5. The van der Waals surface area contributed by atoms with Crippen LogP contribution in [0.15, 0.2) is 24.2 Å². The van der Waals surface area contributed by atoms with Gasteiger partial charge in [0.05, 0.1) is 11.8 Å². The third-order valence-corrected chi connectivity index (χ3v) is 7.32. The van der Waals surface area contributed by atoms with Crippen molar-refractivity contribution in [3.63, 3.8) is 0 Å². The summed E-state index contributed by atoms with van der Waals surface area (Å²) in [5.74, 6) is 1.96. The predicted octanol–water partition coefficient (Wildman–Crippen LogP) is 2.89. The molecular formula is C20H25F3N6S. The summed E-state index contributed by atoms with van der Waals surface area (Å²) in [5.41, 5.74) is 4.69. The molecule has 10 heteroatoms. The lowest BCUT2D eigenvalue weighted by Gasteiger charge is -2.34. The molecule has 5 heterocycles. The minimum absolute atomic E-state index is 0.297. The summed E-state index contributed by atoms with van der Waals surface area (Å²) >= 11 is 1.12. The first-order valence-corrected chi connectivity index (χ1v) is 11.1. The van der Waals surface area contributed by atoms with Crippen molar-refractivity contribution in [3.8, 4) is 0 Å². The van der Waals surface area contributed by atoms with Gasteiger partial charge in [0.2, 0.25) is 0 Å². The Kier molecular flexibility index (Phi) is 5.11. The lowest BCUT2D eigenvalue weighted by atomic mass is 9.88. The van der Waals surface area contributed by atoms with E-state index in [0.29, 0.717) is 21.5 Å². The van der Waals surface area contributed by atoms with Gasteiger partial charge in [-0.3, -0.25) is 4.90 Å². The summed E-state index contributed by atoms with van der Waals surface area (Å²) in [6.45, 7) is 5.86. The van der Waals surface area contributed by atoms with Crippen molar-refractivity contribution >= 4 is 27.4 Å². The molecule has 0 amide bonds. The van der Waals surface area contributed by atoms with Gasteiger partial charge in [-0.1, -0.05) is 0 Å². The minimum atomic E-state index is -4.21. The van der Waals surface area contributed by atoms with Crippen molar-refractivity contribution in [2.45, 2.75) is 19.0 Å². The van der Waals surface area contributed by atoms with Crippen molar-refractivity contribution in [3.05, 3.63) is 29.0 Å². The lowest BCUT2D eigenvalue weighted by Crippen LogP contribution is -2.41. The zero-order valence-corrected chi connectivity index (χ0v) is 17.6. The fraction of sp³-hybridized carbons (Fsp3) is 0.600. The monoisotopic (exact) mass is 438 g/mol. The van der Waals surface area contributed by atoms with Crippen molar-refractivity contribution < 1.29 is 13.2 Å². The number of likely N-dealkylation sites (tertiary alicyclic amines) is 1. The van der Waals surface area contributed by atoms with Gasteiger partial charge in [-0.25, -0.2) is 15.4 Å². The fourth-order valence-electron chi connectivity index (χ4n) is 4.97. The van der Waals surface area contributed by atoms with Gasteiger partial charge < -0.3 is 9.91 Å². The van der Waals surface area contributed by atoms with E-state index in [1.165, 1.54) is 11.9 Å². The van der Waals surface area contributed by atoms with E-state index in [1.54, 1.807) is 6.07 Å². The van der Waals surface area contributed by atoms with Crippen LogP contribution in [-0.2, 0) is 6.42 Å². The molecule has 2 aromatic heterocycles. The summed E-state index contributed by atoms with van der Waals surface area (Å²) in [4.78, 5) is 14.4. The van der Waals surface area contributed by atoms with E-state index in [9.17, 15) is 13.2 Å². The molecule has 5 rings (SSSR count). The highest BCUT2D eigenvalue weighted by molar-refractivity contribution is 7.18. The molecule has 1 N–H and O–H groups in total. The molecule has 2 unspecified atom stereocenters. The molecular weight excluding hydrogens is 413 g/mol. The standard InChI is InChI=1S/C20H25F3N6S/c1-27-7-13(6-26-27)8-28-3-2-14-10-29(11-15(14)9-28)18-17-4-16(5-20(21,22)23)30-19(17)25-12-24-18/h4,7,12,14-15,26H,2-3,5-6,8-11H2,1H3. The minimum Gasteiger partial charge on any atom is -0.355 e. The largest absolute Gasteiger partial charge is 0.393 e. The van der Waals surface area contributed by atoms with Crippen LogP contribution in [-0.4, -0.2) is 72.4 Å². The van der Waals surface area contributed by atoms with Gasteiger partial charge in [0.25, 0.3) is 0 Å². The molecule has 2 atom stereocenters. The van der Waals surface area contributed by atoms with Gasteiger partial charge in [0.15, 0.2) is 0 Å². The SMILES string of the molecule is CN1C=C(CN2CCC3CN(c4ncnc5sc(CC(F)(F)F)cc45)CC3C2)CN1. The van der Waals surface area contributed by atoms with Crippen molar-refractivity contribution in [1.29, 1.82) is 0 Å². The maximum atomic E-state index is 12.8. The molecule has 162 valence electrons. The fourth-order valence-corrected chi connectivity index (χ4v) is 5.99. The first-order chi connectivity index (χ1) is 14.3. The molecule has 0 aromatic carbocycles. The molecule has 0 spiro atoms. The molecule has 0 radical (unpaired) electrons. The van der Waals surface area contributed by atoms with Gasteiger partial charge in [-0.05, 0) is 36.4 Å². The molecule has 2 aromatic rings. The van der Waals surface area contributed by atoms with Crippen LogP contribution in [0.4, 0.5) is 19.0 Å². The Bertz CT molecular complexity index is 958. The molecule has 2 fully saturated rings. The van der Waals surface area contributed by atoms with Crippen LogP contribution in [0.3, 0.4) is 0 Å². The smallest absolute Gasteiger partial charge is 0.355 e. The van der Waals surface area contributed by atoms with Crippen LogP contribution in [0.25, 0.3) is 10.2 Å². The van der Waals surface area contributed by atoms with Gasteiger partial charge in [0, 0.05) is 50.8 Å². The predicted molar refractivity (Wildman–Crippen MR) is 111 cm³/mol. The van der Waals surface area contributed by atoms with Gasteiger partial charge in [-0.15, -0.1) is 11.3 Å². The zero-order chi connectivity index (χ0) is 20.9. The Morgan fingerprint density at radius 1 is 1.20 bits per heavy atom. The molecule has 6 nitrogen and oxygen atoms in total. The molecule has 3 aliphatic heterocycles. The van der Waals surface area contributed by atoms with Crippen LogP contribution in [0.5, 0.6) is 0 Å². The van der Waals surface area contributed by atoms with Crippen molar-refractivity contribution in [1.82, 2.24) is 25.3 Å². The van der Waals surface area contributed by atoms with E-state index in [2.05, 4.69) is 31.4 Å². The number of anilines is 1. The van der Waals surface area contributed by atoms with Gasteiger partial charge >= 0.3 is 6.18 Å². The summed E-state index contributed by atoms with van der Waals surface area (Å²) in [6, 6.07) is 1.63. The summed E-state index contributed by atoms with van der Waals surface area (Å²) in [5, 5.41) is 2.76. The first kappa shape index (κ1) is 20.0. The second kappa shape index (κ2) is 7.65. The topological polar surface area (TPSA) is 47.5 Å². The second-order valence-corrected chi connectivity index (χ2v) is 9.72. The van der Waals surface area contributed by atoms with Crippen molar-refractivity contribution in [2.75, 3.05) is 51.2 Å². The van der Waals surface area contributed by atoms with Crippen LogP contribution >= 0.6 is 11.3 Å². The number of nitrogens with one attached hydrogen (secondary N) is 1. The van der Waals surface area contributed by atoms with Crippen LogP contribution in [0.1, 0.15) is 11.3 Å². The number of fused-ring (bicyclic) bond motifs is 2. The highest BCUT2D eigenvalue weighted by atomic mass is 32.1. The average Bonchev–Trinajstić information content (AvgIpc) is 3.37. The quantitative estimate of drug-likeness (QED) is 0.792. The Hall–Kier alpha value is -1.91. The Morgan fingerprint density at radius 2 is 2.03 bits per heavy atom. The number of hydrazine groups is 1. The summed E-state index contributed by atoms with van der Waals surface area (Å²) in [7, 11) is 2.01. The third kappa shape index (κ3) is 4.13. The number of halogens is 3. The van der Waals surface area contributed by atoms with Crippen molar-refractivity contribution in [2.24, 2.45) is 11.8 Å². The van der Waals surface area contributed by atoms with Crippen LogP contribution in [0, 0.1) is 11.8 Å². The average molecular weight is 439 g/mol. The van der Waals surface area contributed by atoms with Gasteiger partial charge in [-0.2, -0.15) is 13.2 Å². The number of nitrogens with zero attached hydrogens (tertiary/aromatic N) is 5. The molecule has 2 saturated heterocycles. The Morgan fingerprint density at radius 3 is 2.80 bits per heavy atom. The van der Waals surface area contributed by atoms with E-state index in [0.717, 1.165) is 68.2 Å². The maximum Gasteiger partial charge on any atom is 0.393 e. The normalized spacial score (nSPS) is 25.3. The second-order valence-electron chi connectivity index (χ2n) is 8.60. The molecule has 0 saturated carbocycles. The van der Waals surface area contributed by atoms with Crippen LogP contribution in [0.2, 0.25) is 0 Å². The number of hydrogen-bond acceptors (Lipinski definition) is 7. The number of thiophene rings is 1. The number of rotatable bonds is 4. The lowest BCUT2D eigenvalue weighted by molar-refractivity contribution is -0.126.